The Morgan fingerprint density at radius 1 is 1.33 bits per heavy atom. The number of hydrogen-bond acceptors (Lipinski definition) is 3. The molecule has 1 amide bonds. The molecule has 116 valence electrons. The summed E-state index contributed by atoms with van der Waals surface area (Å²) in [6.07, 6.45) is 6.66. The predicted octanol–water partition coefficient (Wildman–Crippen LogP) is 3.28. The van der Waals surface area contributed by atoms with Gasteiger partial charge in [-0.2, -0.15) is 5.26 Å². The van der Waals surface area contributed by atoms with Gasteiger partial charge in [-0.05, 0) is 43.4 Å². The summed E-state index contributed by atoms with van der Waals surface area (Å²) in [6.45, 7) is 1.95. The average Bonchev–Trinajstić information content (AvgIpc) is 2.43. The molecule has 0 bridgehead atoms. The molecule has 1 rings (SSSR count). The molecule has 0 saturated heterocycles. The number of nitrogens with zero attached hydrogens (tertiary/aromatic N) is 1. The Hall–Kier alpha value is -1.67. The molecule has 0 saturated carbocycles. The van der Waals surface area contributed by atoms with Crippen molar-refractivity contribution < 1.29 is 9.53 Å². The highest BCUT2D eigenvalue weighted by Crippen LogP contribution is 2.36. The lowest BCUT2D eigenvalue weighted by atomic mass is 10.0. The maximum atomic E-state index is 11.8. The van der Waals surface area contributed by atoms with Crippen molar-refractivity contribution in [1.29, 1.82) is 5.26 Å². The van der Waals surface area contributed by atoms with E-state index >= 15 is 0 Å². The molecule has 0 fully saturated rings. The van der Waals surface area contributed by atoms with E-state index in [0.717, 1.165) is 11.3 Å². The van der Waals surface area contributed by atoms with Gasteiger partial charge in [0.05, 0.1) is 6.07 Å². The molecular weight excluding hydrogens is 284 g/mol. The summed E-state index contributed by atoms with van der Waals surface area (Å²) in [4.78, 5) is 11.8. The Labute approximate surface area is 128 Å². The van der Waals surface area contributed by atoms with Crippen LogP contribution in [-0.4, -0.2) is 36.2 Å². The van der Waals surface area contributed by atoms with Gasteiger partial charge in [0, 0.05) is 0 Å². The highest BCUT2D eigenvalue weighted by Gasteiger charge is 2.27. The minimum absolute atomic E-state index is 0.207. The fourth-order valence-corrected chi connectivity index (χ4v) is 2.66. The first-order chi connectivity index (χ1) is 9.74. The SMILES string of the molecule is CC(C#N)(CCS(C)(C)C)NC(=O)OCc1ccccc1. The van der Waals surface area contributed by atoms with Crippen molar-refractivity contribution in [3.63, 3.8) is 0 Å². The smallest absolute Gasteiger partial charge is 0.408 e. The van der Waals surface area contributed by atoms with E-state index in [9.17, 15) is 10.1 Å². The third kappa shape index (κ3) is 7.05. The van der Waals surface area contributed by atoms with Gasteiger partial charge in [-0.3, -0.25) is 0 Å². The number of rotatable bonds is 6. The molecule has 0 spiro atoms. The molecule has 0 aliphatic carbocycles. The highest BCUT2D eigenvalue weighted by molar-refractivity contribution is 8.32. The summed E-state index contributed by atoms with van der Waals surface area (Å²) < 4.78 is 5.16. The van der Waals surface area contributed by atoms with Gasteiger partial charge in [0.2, 0.25) is 0 Å². The number of carbonyl (C=O) groups excluding carboxylic acids is 1. The summed E-state index contributed by atoms with van der Waals surface area (Å²) in [7, 11) is -0.702. The second-order valence-electron chi connectivity index (χ2n) is 6.18. The molecule has 0 aliphatic rings. The maximum Gasteiger partial charge on any atom is 0.408 e. The van der Waals surface area contributed by atoms with Crippen LogP contribution in [0.1, 0.15) is 18.9 Å². The van der Waals surface area contributed by atoms with Crippen LogP contribution >= 0.6 is 10.0 Å². The quantitative estimate of drug-likeness (QED) is 0.877. The number of ether oxygens (including phenoxy) is 1. The van der Waals surface area contributed by atoms with Crippen molar-refractivity contribution in [2.24, 2.45) is 0 Å². The Kier molecular flexibility index (Phi) is 6.10. The van der Waals surface area contributed by atoms with E-state index in [4.69, 9.17) is 4.74 Å². The van der Waals surface area contributed by atoms with Crippen molar-refractivity contribution in [3.8, 4) is 6.07 Å². The second kappa shape index (κ2) is 7.37. The molecule has 1 aromatic carbocycles. The summed E-state index contributed by atoms with van der Waals surface area (Å²) in [5.41, 5.74) is 0.0408. The van der Waals surface area contributed by atoms with Crippen molar-refractivity contribution in [1.82, 2.24) is 5.32 Å². The van der Waals surface area contributed by atoms with Gasteiger partial charge in [-0.25, -0.2) is 14.8 Å². The number of alkyl carbamates (subject to hydrolysis) is 1. The minimum Gasteiger partial charge on any atom is -0.445 e. The standard InChI is InChI=1S/C16H24N2O2S/c1-16(13-17,10-11-21(2,3)4)18-15(19)20-12-14-8-6-5-7-9-14/h5-9H,10-12H2,1-4H3,(H,18,19). The zero-order chi connectivity index (χ0) is 15.9. The molecule has 0 aliphatic heterocycles. The van der Waals surface area contributed by atoms with Crippen LogP contribution in [0.4, 0.5) is 4.79 Å². The molecule has 1 aromatic rings. The van der Waals surface area contributed by atoms with E-state index in [-0.39, 0.29) is 6.61 Å². The van der Waals surface area contributed by atoms with E-state index in [1.165, 1.54) is 0 Å². The van der Waals surface area contributed by atoms with Crippen LogP contribution in [0.3, 0.4) is 0 Å². The zero-order valence-electron chi connectivity index (χ0n) is 13.2. The Bertz CT molecular complexity index is 505. The minimum atomic E-state index is -0.881. The molecule has 4 nitrogen and oxygen atoms in total. The van der Waals surface area contributed by atoms with Crippen LogP contribution in [0.5, 0.6) is 0 Å². The lowest BCUT2D eigenvalue weighted by Crippen LogP contribution is -2.45. The normalized spacial score (nSPS) is 14.6. The molecule has 1 unspecified atom stereocenters. The van der Waals surface area contributed by atoms with E-state index in [1.54, 1.807) is 6.92 Å². The molecular formula is C16H24N2O2S. The number of hydrogen-bond donors (Lipinski definition) is 1. The largest absolute Gasteiger partial charge is 0.445 e. The van der Waals surface area contributed by atoms with Gasteiger partial charge in [-0.1, -0.05) is 30.3 Å². The van der Waals surface area contributed by atoms with Gasteiger partial charge >= 0.3 is 6.09 Å². The molecule has 0 heterocycles. The number of nitrogens with one attached hydrogen (secondary N) is 1. The Morgan fingerprint density at radius 2 is 1.95 bits per heavy atom. The molecule has 1 atom stereocenters. The van der Waals surface area contributed by atoms with Gasteiger partial charge in [0.25, 0.3) is 0 Å². The van der Waals surface area contributed by atoms with Crippen molar-refractivity contribution >= 4 is 16.1 Å². The van der Waals surface area contributed by atoms with Crippen LogP contribution in [-0.2, 0) is 11.3 Å². The molecule has 0 radical (unpaired) electrons. The summed E-state index contributed by atoms with van der Waals surface area (Å²) in [5, 5.41) is 12.0. The molecule has 1 N–H and O–H groups in total. The maximum absolute atomic E-state index is 11.8. The lowest BCUT2D eigenvalue weighted by molar-refractivity contribution is 0.132. The second-order valence-corrected chi connectivity index (χ2v) is 10.8. The number of amides is 1. The number of benzene rings is 1. The summed E-state index contributed by atoms with van der Waals surface area (Å²) >= 11 is 0. The van der Waals surface area contributed by atoms with Crippen molar-refractivity contribution in [3.05, 3.63) is 35.9 Å². The highest BCUT2D eigenvalue weighted by atomic mass is 32.3. The number of carbonyl (C=O) groups is 1. The van der Waals surface area contributed by atoms with E-state index < -0.39 is 21.7 Å². The van der Waals surface area contributed by atoms with Crippen molar-refractivity contribution in [2.75, 3.05) is 24.5 Å². The monoisotopic (exact) mass is 308 g/mol. The van der Waals surface area contributed by atoms with Crippen LogP contribution in [0, 0.1) is 11.3 Å². The third-order valence-electron chi connectivity index (χ3n) is 3.05. The summed E-state index contributed by atoms with van der Waals surface area (Å²) in [5.74, 6) is 0.927. The lowest BCUT2D eigenvalue weighted by Gasteiger charge is -2.30. The van der Waals surface area contributed by atoms with Crippen molar-refractivity contribution in [2.45, 2.75) is 25.5 Å². The molecule has 0 aromatic heterocycles. The van der Waals surface area contributed by atoms with Crippen LogP contribution in [0.15, 0.2) is 30.3 Å². The Balaban J connectivity index is 2.49. The zero-order valence-corrected chi connectivity index (χ0v) is 14.0. The van der Waals surface area contributed by atoms with Gasteiger partial charge < -0.3 is 10.1 Å². The predicted molar refractivity (Wildman–Crippen MR) is 88.6 cm³/mol. The summed E-state index contributed by atoms with van der Waals surface area (Å²) in [6, 6.07) is 11.6. The first kappa shape index (κ1) is 17.4. The Morgan fingerprint density at radius 3 is 2.48 bits per heavy atom. The van der Waals surface area contributed by atoms with E-state index in [1.807, 2.05) is 30.3 Å². The van der Waals surface area contributed by atoms with E-state index in [2.05, 4.69) is 30.2 Å². The average molecular weight is 308 g/mol. The topological polar surface area (TPSA) is 62.1 Å². The van der Waals surface area contributed by atoms with Gasteiger partial charge in [0.1, 0.15) is 12.1 Å². The van der Waals surface area contributed by atoms with Crippen LogP contribution in [0.25, 0.3) is 0 Å². The van der Waals surface area contributed by atoms with Gasteiger partial charge in [-0.15, -0.1) is 0 Å². The first-order valence-electron chi connectivity index (χ1n) is 6.80. The molecule has 5 heteroatoms. The first-order valence-corrected chi connectivity index (χ1v) is 9.83. The fraction of sp³-hybridized carbons (Fsp3) is 0.500. The van der Waals surface area contributed by atoms with E-state index in [0.29, 0.717) is 6.42 Å². The van der Waals surface area contributed by atoms with Crippen LogP contribution < -0.4 is 5.32 Å². The third-order valence-corrected chi connectivity index (χ3v) is 4.48. The molecule has 21 heavy (non-hydrogen) atoms. The number of nitriles is 1. The van der Waals surface area contributed by atoms with Gasteiger partial charge in [0.15, 0.2) is 0 Å². The van der Waals surface area contributed by atoms with Crippen LogP contribution in [0.2, 0.25) is 0 Å². The fourth-order valence-electron chi connectivity index (χ4n) is 1.64.